The van der Waals surface area contributed by atoms with Gasteiger partial charge >= 0.3 is 12.4 Å². The highest BCUT2D eigenvalue weighted by molar-refractivity contribution is 7.86. The first-order chi connectivity index (χ1) is 12.1. The Bertz CT molecular complexity index is 939. The molecule has 0 bridgehead atoms. The van der Waals surface area contributed by atoms with Gasteiger partial charge in [-0.1, -0.05) is 41.4 Å². The van der Waals surface area contributed by atoms with E-state index < -0.39 is 48.9 Å². The van der Waals surface area contributed by atoms with Gasteiger partial charge in [0.25, 0.3) is 10.1 Å². The summed E-state index contributed by atoms with van der Waals surface area (Å²) in [7, 11) is -5.18. The van der Waals surface area contributed by atoms with Gasteiger partial charge in [0.1, 0.15) is 4.90 Å². The second kappa shape index (κ2) is 6.84. The Hall–Kier alpha value is -1.49. The molecule has 0 aliphatic rings. The molecule has 0 amide bonds. The van der Waals surface area contributed by atoms with E-state index in [1.54, 1.807) is 0 Å². The van der Waals surface area contributed by atoms with Crippen molar-refractivity contribution in [2.45, 2.75) is 22.7 Å². The number of halogens is 8. The van der Waals surface area contributed by atoms with Crippen LogP contribution in [0.25, 0.3) is 0 Å². The maximum Gasteiger partial charge on any atom is 0.411 e. The highest BCUT2D eigenvalue weighted by atomic mass is 35.5. The van der Waals surface area contributed by atoms with E-state index in [0.29, 0.717) is 24.3 Å². The van der Waals surface area contributed by atoms with Gasteiger partial charge in [-0.15, -0.1) is 0 Å². The molecule has 12 heteroatoms. The zero-order chi connectivity index (χ0) is 20.8. The fraction of sp³-hybridized carbons (Fsp3) is 0.200. The standard InChI is InChI=1S/C15H8Cl2F6O3S/c16-10-4-1-8(2-5-10)13(14(18,19)20,15(21,22)23)9-3-6-11(17)12(7-9)27(24,25)26/h1-7H,(H,24,25,26). The third-order valence-corrected chi connectivity index (χ3v) is 5.36. The van der Waals surface area contributed by atoms with Gasteiger partial charge in [0, 0.05) is 5.02 Å². The van der Waals surface area contributed by atoms with Crippen LogP contribution in [0.1, 0.15) is 11.1 Å². The van der Waals surface area contributed by atoms with Gasteiger partial charge < -0.3 is 0 Å². The average Bonchev–Trinajstić information content (AvgIpc) is 2.47. The van der Waals surface area contributed by atoms with E-state index in [2.05, 4.69) is 0 Å². The van der Waals surface area contributed by atoms with Crippen LogP contribution in [0, 0.1) is 0 Å². The van der Waals surface area contributed by atoms with Crippen molar-refractivity contribution < 1.29 is 39.3 Å². The molecule has 3 nitrogen and oxygen atoms in total. The Kier molecular flexibility index (Phi) is 5.52. The zero-order valence-corrected chi connectivity index (χ0v) is 15.1. The fourth-order valence-corrected chi connectivity index (χ4v) is 3.74. The maximum atomic E-state index is 13.9. The zero-order valence-electron chi connectivity index (χ0n) is 12.7. The van der Waals surface area contributed by atoms with Crippen molar-refractivity contribution >= 4 is 33.3 Å². The number of hydrogen-bond donors (Lipinski definition) is 1. The topological polar surface area (TPSA) is 54.4 Å². The van der Waals surface area contributed by atoms with Crippen molar-refractivity contribution in [1.29, 1.82) is 0 Å². The number of hydrogen-bond acceptors (Lipinski definition) is 2. The van der Waals surface area contributed by atoms with Crippen LogP contribution in [0.5, 0.6) is 0 Å². The summed E-state index contributed by atoms with van der Waals surface area (Å²) in [5, 5.41) is -0.845. The van der Waals surface area contributed by atoms with Gasteiger partial charge in [0.05, 0.1) is 5.02 Å². The molecule has 0 atom stereocenters. The van der Waals surface area contributed by atoms with Crippen LogP contribution in [0.15, 0.2) is 47.4 Å². The first kappa shape index (κ1) is 21.8. The Labute approximate surface area is 159 Å². The van der Waals surface area contributed by atoms with E-state index >= 15 is 0 Å². The minimum Gasteiger partial charge on any atom is -0.282 e. The molecular weight excluding hydrogens is 445 g/mol. The highest BCUT2D eigenvalue weighted by Gasteiger charge is 2.72. The van der Waals surface area contributed by atoms with Gasteiger partial charge in [-0.25, -0.2) is 0 Å². The summed E-state index contributed by atoms with van der Waals surface area (Å²) in [6, 6.07) is 3.71. The number of alkyl halides is 6. The van der Waals surface area contributed by atoms with Gasteiger partial charge in [-0.2, -0.15) is 34.8 Å². The lowest BCUT2D eigenvalue weighted by Gasteiger charge is -2.38. The summed E-state index contributed by atoms with van der Waals surface area (Å²) in [5.41, 5.74) is -7.31. The lowest BCUT2D eigenvalue weighted by molar-refractivity contribution is -0.288. The van der Waals surface area contributed by atoms with E-state index in [9.17, 15) is 34.8 Å². The van der Waals surface area contributed by atoms with Crippen LogP contribution >= 0.6 is 23.2 Å². The first-order valence-corrected chi connectivity index (χ1v) is 8.99. The monoisotopic (exact) mass is 452 g/mol. The SMILES string of the molecule is O=S(=O)(O)c1cc(C(c2ccc(Cl)cc2)(C(F)(F)F)C(F)(F)F)ccc1Cl. The van der Waals surface area contributed by atoms with Crippen molar-refractivity contribution in [3.05, 3.63) is 63.6 Å². The Morgan fingerprint density at radius 2 is 1.22 bits per heavy atom. The van der Waals surface area contributed by atoms with Crippen LogP contribution < -0.4 is 0 Å². The molecule has 0 saturated carbocycles. The molecule has 0 aliphatic carbocycles. The Morgan fingerprint density at radius 3 is 1.63 bits per heavy atom. The quantitative estimate of drug-likeness (QED) is 0.483. The molecule has 0 saturated heterocycles. The molecule has 0 aromatic heterocycles. The number of rotatable bonds is 3. The van der Waals surface area contributed by atoms with Crippen LogP contribution in [-0.2, 0) is 15.5 Å². The normalized spacial score (nSPS) is 13.7. The summed E-state index contributed by atoms with van der Waals surface area (Å²) in [6.07, 6.45) is -11.9. The van der Waals surface area contributed by atoms with E-state index in [1.165, 1.54) is 0 Å². The summed E-state index contributed by atoms with van der Waals surface area (Å²) in [5.74, 6) is 0. The van der Waals surface area contributed by atoms with E-state index in [-0.39, 0.29) is 11.1 Å². The predicted octanol–water partition coefficient (Wildman–Crippen LogP) is 5.65. The average molecular weight is 453 g/mol. The summed E-state index contributed by atoms with van der Waals surface area (Å²) in [4.78, 5) is -1.28. The Balaban J connectivity index is 3.00. The second-order valence-corrected chi connectivity index (χ2v) is 7.61. The van der Waals surface area contributed by atoms with Crippen molar-refractivity contribution in [3.8, 4) is 0 Å². The van der Waals surface area contributed by atoms with Gasteiger partial charge in [-0.3, -0.25) is 4.55 Å². The fourth-order valence-electron chi connectivity index (χ4n) is 2.62. The van der Waals surface area contributed by atoms with Gasteiger partial charge in [0.2, 0.25) is 5.41 Å². The summed E-state index contributed by atoms with van der Waals surface area (Å²) in [6.45, 7) is 0. The van der Waals surface area contributed by atoms with Crippen molar-refractivity contribution in [1.82, 2.24) is 0 Å². The predicted molar refractivity (Wildman–Crippen MR) is 85.6 cm³/mol. The largest absolute Gasteiger partial charge is 0.411 e. The highest BCUT2D eigenvalue weighted by Crippen LogP contribution is 2.56. The van der Waals surface area contributed by atoms with E-state index in [4.69, 9.17) is 27.8 Å². The smallest absolute Gasteiger partial charge is 0.282 e. The van der Waals surface area contributed by atoms with Gasteiger partial charge in [-0.05, 0) is 35.4 Å². The number of benzene rings is 2. The molecule has 2 aromatic carbocycles. The van der Waals surface area contributed by atoms with Crippen LogP contribution in [0.3, 0.4) is 0 Å². The van der Waals surface area contributed by atoms with Crippen LogP contribution in [0.2, 0.25) is 10.0 Å². The Morgan fingerprint density at radius 1 is 0.778 bits per heavy atom. The molecule has 2 aromatic rings. The molecule has 0 heterocycles. The molecule has 0 aliphatic heterocycles. The molecule has 0 radical (unpaired) electrons. The minimum atomic E-state index is -5.93. The maximum absolute atomic E-state index is 13.9. The molecule has 2 rings (SSSR count). The third kappa shape index (κ3) is 3.75. The molecule has 148 valence electrons. The summed E-state index contributed by atoms with van der Waals surface area (Å²) < 4.78 is 115. The van der Waals surface area contributed by atoms with Crippen molar-refractivity contribution in [2.24, 2.45) is 0 Å². The molecule has 0 spiro atoms. The van der Waals surface area contributed by atoms with Gasteiger partial charge in [0.15, 0.2) is 0 Å². The lowest BCUT2D eigenvalue weighted by atomic mass is 9.73. The lowest BCUT2D eigenvalue weighted by Crippen LogP contribution is -2.54. The van der Waals surface area contributed by atoms with Crippen molar-refractivity contribution in [3.63, 3.8) is 0 Å². The van der Waals surface area contributed by atoms with E-state index in [1.807, 2.05) is 0 Å². The van der Waals surface area contributed by atoms with Crippen LogP contribution in [0.4, 0.5) is 26.3 Å². The molecule has 0 fully saturated rings. The second-order valence-electron chi connectivity index (χ2n) is 5.37. The van der Waals surface area contributed by atoms with Crippen molar-refractivity contribution in [2.75, 3.05) is 0 Å². The first-order valence-electron chi connectivity index (χ1n) is 6.79. The molecule has 27 heavy (non-hydrogen) atoms. The summed E-state index contributed by atoms with van der Waals surface area (Å²) >= 11 is 11.1. The molecule has 1 N–H and O–H groups in total. The van der Waals surface area contributed by atoms with E-state index in [0.717, 1.165) is 12.1 Å². The minimum absolute atomic E-state index is 0.0489. The van der Waals surface area contributed by atoms with Crippen LogP contribution in [-0.4, -0.2) is 25.3 Å². The third-order valence-electron chi connectivity index (χ3n) is 3.77. The molecular formula is C15H8Cl2F6O3S. The molecule has 0 unspecified atom stereocenters.